The summed E-state index contributed by atoms with van der Waals surface area (Å²) in [6.45, 7) is 4.00. The first-order chi connectivity index (χ1) is 9.58. The van der Waals surface area contributed by atoms with Crippen LogP contribution in [0.25, 0.3) is 0 Å². The van der Waals surface area contributed by atoms with E-state index in [0.717, 1.165) is 5.01 Å². The first-order valence-electron chi connectivity index (χ1n) is 7.60. The van der Waals surface area contributed by atoms with E-state index in [2.05, 4.69) is 17.2 Å². The summed E-state index contributed by atoms with van der Waals surface area (Å²) in [5, 5.41) is 5.73. The summed E-state index contributed by atoms with van der Waals surface area (Å²) in [6, 6.07) is 0.113. The van der Waals surface area contributed by atoms with Gasteiger partial charge >= 0.3 is 0 Å². The molecule has 1 aliphatic rings. The second-order valence-electron chi connectivity index (χ2n) is 5.87. The Kier molecular flexibility index (Phi) is 5.54. The van der Waals surface area contributed by atoms with Crippen molar-refractivity contribution in [2.75, 3.05) is 0 Å². The summed E-state index contributed by atoms with van der Waals surface area (Å²) in [7, 11) is 0. The van der Waals surface area contributed by atoms with Crippen LogP contribution in [0.5, 0.6) is 0 Å². The Morgan fingerprint density at radius 2 is 2.00 bits per heavy atom. The summed E-state index contributed by atoms with van der Waals surface area (Å²) >= 11 is 1.46. The molecule has 1 unspecified atom stereocenters. The van der Waals surface area contributed by atoms with E-state index in [1.54, 1.807) is 5.38 Å². The van der Waals surface area contributed by atoms with Gasteiger partial charge in [0.1, 0.15) is 10.7 Å². The van der Waals surface area contributed by atoms with Gasteiger partial charge in [0.25, 0.3) is 5.91 Å². The molecule has 4 nitrogen and oxygen atoms in total. The maximum Gasteiger partial charge on any atom is 0.270 e. The van der Waals surface area contributed by atoms with Gasteiger partial charge in [0, 0.05) is 11.4 Å². The molecule has 0 radical (unpaired) electrons. The molecule has 2 atom stereocenters. The monoisotopic (exact) mass is 295 g/mol. The first kappa shape index (κ1) is 15.4. The molecule has 1 amide bonds. The zero-order chi connectivity index (χ0) is 14.5. The van der Waals surface area contributed by atoms with E-state index in [4.69, 9.17) is 5.73 Å². The molecule has 1 saturated carbocycles. The van der Waals surface area contributed by atoms with Crippen molar-refractivity contribution in [3.63, 3.8) is 0 Å². The Labute approximate surface area is 125 Å². The van der Waals surface area contributed by atoms with Crippen LogP contribution in [-0.2, 0) is 0 Å². The lowest BCUT2D eigenvalue weighted by Crippen LogP contribution is -2.38. The van der Waals surface area contributed by atoms with E-state index in [1.165, 1.54) is 49.9 Å². The molecular formula is C15H25N3OS. The fourth-order valence-electron chi connectivity index (χ4n) is 2.81. The molecule has 1 aromatic rings. The number of carbonyl (C=O) groups excluding carboxylic acids is 1. The van der Waals surface area contributed by atoms with Crippen molar-refractivity contribution in [1.82, 2.24) is 10.3 Å². The number of amides is 1. The molecular weight excluding hydrogens is 270 g/mol. The maximum atomic E-state index is 12.2. The number of nitrogens with zero attached hydrogens (tertiary/aromatic N) is 1. The van der Waals surface area contributed by atoms with Crippen LogP contribution in [0.3, 0.4) is 0 Å². The number of thiazole rings is 1. The maximum absolute atomic E-state index is 12.2. The van der Waals surface area contributed by atoms with Crippen LogP contribution in [0, 0.1) is 5.92 Å². The summed E-state index contributed by atoms with van der Waals surface area (Å²) in [5.74, 6) is 0.540. The van der Waals surface area contributed by atoms with Crippen molar-refractivity contribution < 1.29 is 4.79 Å². The van der Waals surface area contributed by atoms with Gasteiger partial charge in [-0.25, -0.2) is 4.98 Å². The van der Waals surface area contributed by atoms with Crippen molar-refractivity contribution >= 4 is 17.2 Å². The number of nitrogens with one attached hydrogen (secondary N) is 1. The molecule has 0 spiro atoms. The largest absolute Gasteiger partial charge is 0.348 e. The summed E-state index contributed by atoms with van der Waals surface area (Å²) < 4.78 is 0. The highest BCUT2D eigenvalue weighted by molar-refractivity contribution is 7.09. The van der Waals surface area contributed by atoms with Crippen LogP contribution < -0.4 is 11.1 Å². The van der Waals surface area contributed by atoms with Crippen LogP contribution >= 0.6 is 11.3 Å². The highest BCUT2D eigenvalue weighted by atomic mass is 32.1. The first-order valence-corrected chi connectivity index (χ1v) is 8.47. The molecule has 1 aliphatic carbocycles. The molecule has 0 aliphatic heterocycles. The number of hydrogen-bond acceptors (Lipinski definition) is 4. The van der Waals surface area contributed by atoms with Crippen molar-refractivity contribution in [2.24, 2.45) is 11.7 Å². The minimum Gasteiger partial charge on any atom is -0.348 e. The Balaban J connectivity index is 1.92. The van der Waals surface area contributed by atoms with Crippen LogP contribution in [0.4, 0.5) is 0 Å². The number of carbonyl (C=O) groups is 1. The van der Waals surface area contributed by atoms with Crippen molar-refractivity contribution in [2.45, 2.75) is 64.5 Å². The van der Waals surface area contributed by atoms with E-state index < -0.39 is 0 Å². The van der Waals surface area contributed by atoms with Crippen LogP contribution in [0.2, 0.25) is 0 Å². The normalized spacial score (nSPS) is 20.1. The highest BCUT2D eigenvalue weighted by Crippen LogP contribution is 2.25. The minimum atomic E-state index is -0.110. The van der Waals surface area contributed by atoms with E-state index in [-0.39, 0.29) is 18.0 Å². The number of hydrogen-bond donors (Lipinski definition) is 2. The molecule has 5 heteroatoms. The molecule has 0 saturated heterocycles. The average molecular weight is 295 g/mol. The molecule has 1 heterocycles. The van der Waals surface area contributed by atoms with Crippen molar-refractivity contribution in [3.8, 4) is 0 Å². The quantitative estimate of drug-likeness (QED) is 0.838. The molecule has 0 aromatic carbocycles. The molecule has 0 bridgehead atoms. The van der Waals surface area contributed by atoms with Crippen molar-refractivity contribution in [3.05, 3.63) is 16.1 Å². The predicted molar refractivity (Wildman–Crippen MR) is 82.8 cm³/mol. The van der Waals surface area contributed by atoms with Gasteiger partial charge in [-0.05, 0) is 32.6 Å². The Morgan fingerprint density at radius 1 is 1.35 bits per heavy atom. The van der Waals surface area contributed by atoms with E-state index >= 15 is 0 Å². The van der Waals surface area contributed by atoms with Gasteiger partial charge in [-0.15, -0.1) is 11.3 Å². The van der Waals surface area contributed by atoms with E-state index in [1.807, 2.05) is 6.92 Å². The molecule has 1 fully saturated rings. The smallest absolute Gasteiger partial charge is 0.270 e. The lowest BCUT2D eigenvalue weighted by Gasteiger charge is -2.23. The third-order valence-electron chi connectivity index (χ3n) is 4.11. The van der Waals surface area contributed by atoms with Gasteiger partial charge in [0.15, 0.2) is 0 Å². The van der Waals surface area contributed by atoms with Gasteiger partial charge in [0.05, 0.1) is 6.04 Å². The summed E-state index contributed by atoms with van der Waals surface area (Å²) in [5.41, 5.74) is 6.28. The van der Waals surface area contributed by atoms with Crippen LogP contribution in [0.15, 0.2) is 5.38 Å². The van der Waals surface area contributed by atoms with Crippen molar-refractivity contribution in [1.29, 1.82) is 0 Å². The lowest BCUT2D eigenvalue weighted by molar-refractivity contribution is 0.0919. The topological polar surface area (TPSA) is 68.0 Å². The number of rotatable bonds is 4. The second kappa shape index (κ2) is 7.18. The zero-order valence-corrected chi connectivity index (χ0v) is 13.2. The van der Waals surface area contributed by atoms with E-state index in [9.17, 15) is 4.79 Å². The third kappa shape index (κ3) is 4.03. The van der Waals surface area contributed by atoms with Crippen LogP contribution in [0.1, 0.15) is 73.9 Å². The van der Waals surface area contributed by atoms with Crippen LogP contribution in [-0.4, -0.2) is 16.9 Å². The predicted octanol–water partition coefficient (Wildman–Crippen LogP) is 3.25. The van der Waals surface area contributed by atoms with Gasteiger partial charge in [0.2, 0.25) is 0 Å². The van der Waals surface area contributed by atoms with E-state index in [0.29, 0.717) is 11.6 Å². The fraction of sp³-hybridized carbons (Fsp3) is 0.733. The Bertz CT molecular complexity index is 436. The SMILES string of the molecule is CC(N)c1nc(C(=O)N[C@@H](C)C2CCCCCC2)cs1. The standard InChI is InChI=1S/C15H25N3OS/c1-10(16)15-18-13(9-20-15)14(19)17-11(2)12-7-5-3-4-6-8-12/h9-12H,3-8,16H2,1-2H3,(H,17,19)/t10?,11-/m0/s1. The molecule has 3 N–H and O–H groups in total. The molecule has 2 rings (SSSR count). The molecule has 112 valence electrons. The Hall–Kier alpha value is -0.940. The number of aromatic nitrogens is 1. The second-order valence-corrected chi connectivity index (χ2v) is 6.76. The van der Waals surface area contributed by atoms with Gasteiger partial charge < -0.3 is 11.1 Å². The summed E-state index contributed by atoms with van der Waals surface area (Å²) in [6.07, 6.45) is 7.70. The molecule has 1 aromatic heterocycles. The minimum absolute atomic E-state index is 0.0649. The Morgan fingerprint density at radius 3 is 2.55 bits per heavy atom. The third-order valence-corrected chi connectivity index (χ3v) is 5.16. The average Bonchev–Trinajstić information content (AvgIpc) is 2.75. The lowest BCUT2D eigenvalue weighted by atomic mass is 9.93. The molecule has 20 heavy (non-hydrogen) atoms. The fourth-order valence-corrected chi connectivity index (χ4v) is 3.57. The zero-order valence-electron chi connectivity index (χ0n) is 12.4. The van der Waals surface area contributed by atoms with Gasteiger partial charge in [-0.3, -0.25) is 4.79 Å². The highest BCUT2D eigenvalue weighted by Gasteiger charge is 2.22. The summed E-state index contributed by atoms with van der Waals surface area (Å²) in [4.78, 5) is 16.5. The number of nitrogens with two attached hydrogens (primary N) is 1. The van der Waals surface area contributed by atoms with Gasteiger partial charge in [-0.1, -0.05) is 25.7 Å². The van der Waals surface area contributed by atoms with Gasteiger partial charge in [-0.2, -0.15) is 0 Å².